The number of thioether (sulfide) groups is 6. The van der Waals surface area contributed by atoms with E-state index >= 15 is 0 Å². The zero-order chi connectivity index (χ0) is 37.0. The lowest BCUT2D eigenvalue weighted by molar-refractivity contribution is 0.287. The summed E-state index contributed by atoms with van der Waals surface area (Å²) in [6.07, 6.45) is 6.98. The highest BCUT2D eigenvalue weighted by Gasteiger charge is 2.49. The van der Waals surface area contributed by atoms with Gasteiger partial charge in [0.2, 0.25) is 0 Å². The van der Waals surface area contributed by atoms with Crippen LogP contribution in [-0.2, 0) is 4.43 Å². The van der Waals surface area contributed by atoms with Gasteiger partial charge in [-0.2, -0.15) is 0 Å². The Balaban J connectivity index is 1.03. The zero-order valence-electron chi connectivity index (χ0n) is 31.5. The molecule has 0 aromatic heterocycles. The maximum atomic E-state index is 7.15. The van der Waals surface area contributed by atoms with Crippen LogP contribution in [-0.4, -0.2) is 26.9 Å². The molecule has 0 aliphatic carbocycles. The number of rotatable bonds is 12. The fourth-order valence-corrected chi connectivity index (χ4v) is 20.3. The van der Waals surface area contributed by atoms with Crippen LogP contribution in [0.5, 0.6) is 0 Å². The molecule has 0 N–H and O–H groups in total. The molecule has 2 heterocycles. The first-order valence-corrected chi connectivity index (χ1v) is 25.8. The van der Waals surface area contributed by atoms with Crippen LogP contribution in [0.4, 0.5) is 0 Å². The SMILES string of the molecule is CSC1=C(SCCCCCCO[Si](c2ccccc2)(c2ccccc2)C(C)(C)C)SC(=c2c3ccccc3c(=C3SC(C)=C(C)S3)c3ccccc23)S1. The molecule has 2 aliphatic heterocycles. The average molecular weight is 825 g/mol. The van der Waals surface area contributed by atoms with Gasteiger partial charge in [-0.25, -0.2) is 0 Å². The summed E-state index contributed by atoms with van der Waals surface area (Å²) >= 11 is 11.8. The monoisotopic (exact) mass is 824 g/mol. The topological polar surface area (TPSA) is 9.23 Å². The standard InChI is InChI=1S/C45H48OS6Si/c1-31-32(2)50-41(49-31)39-35-25-15-17-27-37(35)40(38-28-18-16-26-36(38)39)42-51-43(47-6)44(52-42)48-30-20-8-7-19-29-46-53(45(3,4)5,33-21-11-9-12-22-33)34-23-13-10-14-24-34/h9-18,21-28H,7-8,19-20,29-30H2,1-6H3. The third kappa shape index (κ3) is 8.18. The molecule has 2 aliphatic rings. The fraction of sp³-hybridized carbons (Fsp3) is 0.289. The Kier molecular flexibility index (Phi) is 13.0. The maximum Gasteiger partial charge on any atom is 0.261 e. The lowest BCUT2D eigenvalue weighted by atomic mass is 9.99. The molecule has 0 unspecified atom stereocenters. The molecule has 5 aromatic carbocycles. The second kappa shape index (κ2) is 17.5. The number of allylic oxidation sites excluding steroid dienone is 2. The maximum absolute atomic E-state index is 7.15. The van der Waals surface area contributed by atoms with Crippen LogP contribution in [0.1, 0.15) is 60.3 Å². The van der Waals surface area contributed by atoms with Gasteiger partial charge in [0.15, 0.2) is 0 Å². The van der Waals surface area contributed by atoms with Crippen LogP contribution < -0.4 is 20.8 Å². The van der Waals surface area contributed by atoms with Gasteiger partial charge in [0, 0.05) is 17.0 Å². The van der Waals surface area contributed by atoms with Gasteiger partial charge in [0.1, 0.15) is 0 Å². The van der Waals surface area contributed by atoms with Gasteiger partial charge in [-0.15, -0.1) is 23.5 Å². The van der Waals surface area contributed by atoms with E-state index < -0.39 is 8.32 Å². The van der Waals surface area contributed by atoms with E-state index in [-0.39, 0.29) is 5.04 Å². The normalized spacial score (nSPS) is 15.5. The van der Waals surface area contributed by atoms with Crippen LogP contribution in [0.15, 0.2) is 127 Å². The van der Waals surface area contributed by atoms with E-state index in [4.69, 9.17) is 4.43 Å². The van der Waals surface area contributed by atoms with Gasteiger partial charge in [0.25, 0.3) is 8.32 Å². The molecule has 0 saturated carbocycles. The Hall–Kier alpha value is -1.88. The molecule has 0 saturated heterocycles. The summed E-state index contributed by atoms with van der Waals surface area (Å²) in [6.45, 7) is 12.4. The van der Waals surface area contributed by atoms with E-state index in [1.54, 1.807) is 0 Å². The molecular weight excluding hydrogens is 777 g/mol. The zero-order valence-corrected chi connectivity index (χ0v) is 37.4. The van der Waals surface area contributed by atoms with E-state index in [1.165, 1.54) is 88.4 Å². The van der Waals surface area contributed by atoms with Crippen molar-refractivity contribution in [2.45, 2.75) is 65.3 Å². The highest BCUT2D eigenvalue weighted by Crippen LogP contribution is 2.58. The van der Waals surface area contributed by atoms with Gasteiger partial charge in [-0.05, 0) is 85.5 Å². The molecule has 1 nitrogen and oxygen atoms in total. The third-order valence-corrected chi connectivity index (χ3v) is 23.2. The van der Waals surface area contributed by atoms with E-state index in [0.717, 1.165) is 18.8 Å². The number of benzene rings is 5. The first-order chi connectivity index (χ1) is 25.7. The molecule has 0 radical (unpaired) electrons. The first kappa shape index (κ1) is 39.4. The fourth-order valence-electron chi connectivity index (χ4n) is 7.41. The van der Waals surface area contributed by atoms with Crippen LogP contribution in [0.2, 0.25) is 5.04 Å². The highest BCUT2D eigenvalue weighted by atomic mass is 32.3. The van der Waals surface area contributed by atoms with Crippen molar-refractivity contribution in [3.63, 3.8) is 0 Å². The minimum Gasteiger partial charge on any atom is -0.407 e. The summed E-state index contributed by atoms with van der Waals surface area (Å²) in [6, 6.07) is 40.2. The second-order valence-corrected chi connectivity index (χ2v) is 26.2. The molecule has 8 heteroatoms. The predicted molar refractivity (Wildman–Crippen MR) is 251 cm³/mol. The van der Waals surface area contributed by atoms with Crippen molar-refractivity contribution >= 4 is 119 Å². The molecule has 0 fully saturated rings. The molecule has 0 atom stereocenters. The highest BCUT2D eigenvalue weighted by molar-refractivity contribution is 8.45. The van der Waals surface area contributed by atoms with Gasteiger partial charge >= 0.3 is 0 Å². The smallest absolute Gasteiger partial charge is 0.261 e. The van der Waals surface area contributed by atoms with Gasteiger partial charge in [0.05, 0.1) is 16.9 Å². The number of unbranched alkanes of at least 4 members (excludes halogenated alkanes) is 3. The van der Waals surface area contributed by atoms with E-state index in [2.05, 4.69) is 162 Å². The summed E-state index contributed by atoms with van der Waals surface area (Å²) in [7, 11) is -2.46. The second-order valence-electron chi connectivity index (χ2n) is 14.5. The molecule has 7 rings (SSSR count). The lowest BCUT2D eigenvalue weighted by Crippen LogP contribution is -2.66. The number of hydrogen-bond donors (Lipinski definition) is 0. The Bertz CT molecular complexity index is 2170. The third-order valence-electron chi connectivity index (χ3n) is 10.1. The van der Waals surface area contributed by atoms with Crippen molar-refractivity contribution in [1.82, 2.24) is 0 Å². The van der Waals surface area contributed by atoms with Crippen LogP contribution in [0.3, 0.4) is 0 Å². The Morgan fingerprint density at radius 1 is 0.547 bits per heavy atom. The van der Waals surface area contributed by atoms with E-state index in [9.17, 15) is 0 Å². The summed E-state index contributed by atoms with van der Waals surface area (Å²) in [5, 5.41) is 11.0. The number of hydrogen-bond acceptors (Lipinski definition) is 7. The number of fused-ring (bicyclic) bond motifs is 2. The Labute approximate surface area is 342 Å². The molecule has 0 bridgehead atoms. The first-order valence-electron chi connectivity index (χ1n) is 18.5. The van der Waals surface area contributed by atoms with Gasteiger partial charge in [-0.1, -0.05) is 190 Å². The quantitative estimate of drug-likeness (QED) is 0.0695. The predicted octanol–water partition coefficient (Wildman–Crippen LogP) is 12.7. The minimum absolute atomic E-state index is 0.0192. The molecular formula is C45H48OS6Si. The van der Waals surface area contributed by atoms with Crippen LogP contribution in [0.25, 0.3) is 30.0 Å². The van der Waals surface area contributed by atoms with Crippen LogP contribution in [0, 0.1) is 0 Å². The van der Waals surface area contributed by atoms with Crippen molar-refractivity contribution < 1.29 is 4.43 Å². The molecule has 0 amide bonds. The minimum atomic E-state index is -2.46. The summed E-state index contributed by atoms with van der Waals surface area (Å²) < 4.78 is 12.9. The van der Waals surface area contributed by atoms with Crippen molar-refractivity contribution in [1.29, 1.82) is 0 Å². The summed E-state index contributed by atoms with van der Waals surface area (Å²) in [5.74, 6) is 1.15. The van der Waals surface area contributed by atoms with Gasteiger partial charge < -0.3 is 4.43 Å². The molecule has 5 aromatic rings. The molecule has 53 heavy (non-hydrogen) atoms. The van der Waals surface area contributed by atoms with Crippen molar-refractivity contribution in [3.8, 4) is 0 Å². The van der Waals surface area contributed by atoms with Gasteiger partial charge in [-0.3, -0.25) is 0 Å². The lowest BCUT2D eigenvalue weighted by Gasteiger charge is -2.43. The Morgan fingerprint density at radius 2 is 0.981 bits per heavy atom. The van der Waals surface area contributed by atoms with E-state index in [0.29, 0.717) is 0 Å². The molecule has 0 spiro atoms. The van der Waals surface area contributed by atoms with Crippen molar-refractivity contribution in [2.24, 2.45) is 0 Å². The van der Waals surface area contributed by atoms with E-state index in [1.807, 2.05) is 58.8 Å². The van der Waals surface area contributed by atoms with Crippen LogP contribution >= 0.6 is 70.6 Å². The Morgan fingerprint density at radius 3 is 1.45 bits per heavy atom. The summed E-state index contributed by atoms with van der Waals surface area (Å²) in [5.41, 5.74) is 0. The largest absolute Gasteiger partial charge is 0.407 e. The summed E-state index contributed by atoms with van der Waals surface area (Å²) in [4.78, 5) is 2.83. The molecule has 274 valence electrons. The van der Waals surface area contributed by atoms with Crippen molar-refractivity contribution in [2.75, 3.05) is 18.6 Å². The van der Waals surface area contributed by atoms with Crippen molar-refractivity contribution in [3.05, 3.63) is 138 Å². The average Bonchev–Trinajstić information content (AvgIpc) is 3.74.